The van der Waals surface area contributed by atoms with Gasteiger partial charge in [0.25, 0.3) is 5.91 Å². The van der Waals surface area contributed by atoms with Crippen LogP contribution in [0.4, 0.5) is 10.1 Å². The number of para-hydroxylation sites is 1. The third-order valence-electron chi connectivity index (χ3n) is 5.26. The molecule has 31 heavy (non-hydrogen) atoms. The number of anilines is 1. The molecule has 0 bridgehead atoms. The molecule has 8 heteroatoms. The summed E-state index contributed by atoms with van der Waals surface area (Å²) in [4.78, 5) is 38.1. The number of hydrogen-bond donors (Lipinski definition) is 2. The summed E-state index contributed by atoms with van der Waals surface area (Å²) in [5.41, 5.74) is 0.687. The summed E-state index contributed by atoms with van der Waals surface area (Å²) >= 11 is 0. The van der Waals surface area contributed by atoms with Crippen LogP contribution < -0.4 is 15.4 Å². The van der Waals surface area contributed by atoms with Crippen LogP contribution in [0.5, 0.6) is 5.75 Å². The van der Waals surface area contributed by atoms with E-state index in [2.05, 4.69) is 10.6 Å². The molecule has 1 fully saturated rings. The van der Waals surface area contributed by atoms with Crippen molar-refractivity contribution in [2.75, 3.05) is 31.6 Å². The Morgan fingerprint density at radius 3 is 2.45 bits per heavy atom. The van der Waals surface area contributed by atoms with Crippen molar-refractivity contribution in [1.29, 1.82) is 0 Å². The Kier molecular flexibility index (Phi) is 7.59. The van der Waals surface area contributed by atoms with E-state index in [1.54, 1.807) is 24.0 Å². The van der Waals surface area contributed by atoms with E-state index in [9.17, 15) is 18.8 Å². The van der Waals surface area contributed by atoms with E-state index in [0.29, 0.717) is 30.9 Å². The van der Waals surface area contributed by atoms with Gasteiger partial charge in [0, 0.05) is 25.3 Å². The third kappa shape index (κ3) is 6.53. The van der Waals surface area contributed by atoms with Gasteiger partial charge >= 0.3 is 11.8 Å². The van der Waals surface area contributed by atoms with Crippen LogP contribution in [-0.4, -0.2) is 48.9 Å². The van der Waals surface area contributed by atoms with Crippen LogP contribution >= 0.6 is 0 Å². The van der Waals surface area contributed by atoms with Crippen molar-refractivity contribution in [3.8, 4) is 5.75 Å². The minimum Gasteiger partial charge on any atom is -0.484 e. The number of carbonyl (C=O) groups excluding carboxylic acids is 3. The van der Waals surface area contributed by atoms with Crippen molar-refractivity contribution in [3.63, 3.8) is 0 Å². The molecule has 0 radical (unpaired) electrons. The molecule has 1 aliphatic rings. The van der Waals surface area contributed by atoms with Gasteiger partial charge in [-0.15, -0.1) is 0 Å². The zero-order chi connectivity index (χ0) is 22.2. The van der Waals surface area contributed by atoms with Crippen LogP contribution in [0.2, 0.25) is 0 Å². The van der Waals surface area contributed by atoms with Crippen molar-refractivity contribution in [2.24, 2.45) is 5.92 Å². The van der Waals surface area contributed by atoms with Crippen molar-refractivity contribution in [3.05, 3.63) is 59.9 Å². The molecule has 0 unspecified atom stereocenters. The second kappa shape index (κ2) is 10.6. The van der Waals surface area contributed by atoms with Crippen molar-refractivity contribution in [2.45, 2.75) is 19.8 Å². The van der Waals surface area contributed by atoms with Gasteiger partial charge in [-0.25, -0.2) is 4.39 Å². The lowest BCUT2D eigenvalue weighted by Crippen LogP contribution is -2.44. The van der Waals surface area contributed by atoms with E-state index in [-0.39, 0.29) is 24.1 Å². The zero-order valence-electron chi connectivity index (χ0n) is 17.4. The van der Waals surface area contributed by atoms with Crippen LogP contribution in [0.1, 0.15) is 18.4 Å². The van der Waals surface area contributed by atoms with Crippen molar-refractivity contribution < 1.29 is 23.5 Å². The average molecular weight is 427 g/mol. The molecule has 0 atom stereocenters. The predicted octanol–water partition coefficient (Wildman–Crippen LogP) is 2.51. The molecule has 3 amide bonds. The van der Waals surface area contributed by atoms with E-state index in [1.165, 1.54) is 18.2 Å². The molecule has 164 valence electrons. The number of rotatable bonds is 6. The molecule has 1 heterocycles. The first-order chi connectivity index (χ1) is 14.9. The Balaban J connectivity index is 1.36. The highest BCUT2D eigenvalue weighted by Gasteiger charge is 2.24. The summed E-state index contributed by atoms with van der Waals surface area (Å²) in [5, 5.41) is 5.01. The minimum atomic E-state index is -0.839. The Bertz CT molecular complexity index is 928. The van der Waals surface area contributed by atoms with Gasteiger partial charge in [0.2, 0.25) is 0 Å². The summed E-state index contributed by atoms with van der Waals surface area (Å²) in [5.74, 6) is -1.30. The molecule has 0 spiro atoms. The van der Waals surface area contributed by atoms with Gasteiger partial charge < -0.3 is 20.3 Å². The number of ether oxygens (including phenoxy) is 1. The molecule has 1 saturated heterocycles. The fraction of sp³-hybridized carbons (Fsp3) is 0.348. The quantitative estimate of drug-likeness (QED) is 0.694. The largest absolute Gasteiger partial charge is 0.484 e. The maximum absolute atomic E-state index is 13.6. The second-order valence-corrected chi connectivity index (χ2v) is 7.55. The summed E-state index contributed by atoms with van der Waals surface area (Å²) in [6, 6.07) is 13.4. The number of carbonyl (C=O) groups is 3. The van der Waals surface area contributed by atoms with Crippen LogP contribution in [0.15, 0.2) is 48.5 Å². The third-order valence-corrected chi connectivity index (χ3v) is 5.26. The highest BCUT2D eigenvalue weighted by molar-refractivity contribution is 6.39. The number of nitrogens with zero attached hydrogens (tertiary/aromatic N) is 1. The summed E-state index contributed by atoms with van der Waals surface area (Å²) in [7, 11) is 0. The molecule has 0 aliphatic carbocycles. The smallest absolute Gasteiger partial charge is 0.313 e. The monoisotopic (exact) mass is 427 g/mol. The molecule has 2 aromatic carbocycles. The molecule has 2 aromatic rings. The lowest BCUT2D eigenvalue weighted by molar-refractivity contribution is -0.136. The van der Waals surface area contributed by atoms with Gasteiger partial charge in [0.15, 0.2) is 6.61 Å². The fourth-order valence-corrected chi connectivity index (χ4v) is 3.32. The first-order valence-corrected chi connectivity index (χ1v) is 10.2. The van der Waals surface area contributed by atoms with Gasteiger partial charge in [-0.1, -0.05) is 24.3 Å². The number of hydrogen-bond acceptors (Lipinski definition) is 4. The van der Waals surface area contributed by atoms with E-state index in [0.717, 1.165) is 12.8 Å². The first kappa shape index (κ1) is 22.3. The Labute approximate surface area is 180 Å². The van der Waals surface area contributed by atoms with E-state index >= 15 is 0 Å². The number of nitrogens with one attached hydrogen (secondary N) is 2. The molecular weight excluding hydrogens is 401 g/mol. The Morgan fingerprint density at radius 1 is 1.06 bits per heavy atom. The maximum atomic E-state index is 13.6. The van der Waals surface area contributed by atoms with E-state index in [1.807, 2.05) is 18.2 Å². The fourth-order valence-electron chi connectivity index (χ4n) is 3.32. The average Bonchev–Trinajstić information content (AvgIpc) is 2.79. The van der Waals surface area contributed by atoms with Crippen LogP contribution in [-0.2, 0) is 14.4 Å². The van der Waals surface area contributed by atoms with Gasteiger partial charge in [0.1, 0.15) is 11.6 Å². The van der Waals surface area contributed by atoms with Gasteiger partial charge in [-0.2, -0.15) is 0 Å². The number of benzene rings is 2. The second-order valence-electron chi connectivity index (χ2n) is 7.55. The Hall–Kier alpha value is -3.42. The SMILES string of the molecule is Cc1ccc(NC(=O)C(=O)NCC2CCN(C(=O)COc3ccccc3)CC2)cc1F. The molecule has 7 nitrogen and oxygen atoms in total. The van der Waals surface area contributed by atoms with Gasteiger partial charge in [-0.05, 0) is 55.5 Å². The van der Waals surface area contributed by atoms with Crippen LogP contribution in [0, 0.1) is 18.7 Å². The molecule has 2 N–H and O–H groups in total. The zero-order valence-corrected chi connectivity index (χ0v) is 17.4. The Morgan fingerprint density at radius 2 is 1.77 bits per heavy atom. The molecule has 0 saturated carbocycles. The number of aryl methyl sites for hydroxylation is 1. The lowest BCUT2D eigenvalue weighted by atomic mass is 9.96. The molecule has 0 aromatic heterocycles. The minimum absolute atomic E-state index is 0.00874. The lowest BCUT2D eigenvalue weighted by Gasteiger charge is -2.32. The topological polar surface area (TPSA) is 87.7 Å². The van der Waals surface area contributed by atoms with Gasteiger partial charge in [-0.3, -0.25) is 14.4 Å². The van der Waals surface area contributed by atoms with Crippen LogP contribution in [0.3, 0.4) is 0 Å². The van der Waals surface area contributed by atoms with E-state index in [4.69, 9.17) is 4.74 Å². The summed E-state index contributed by atoms with van der Waals surface area (Å²) < 4.78 is 19.1. The summed E-state index contributed by atoms with van der Waals surface area (Å²) in [6.45, 7) is 3.10. The number of likely N-dealkylation sites (tertiary alicyclic amines) is 1. The molecule has 3 rings (SSSR count). The van der Waals surface area contributed by atoms with Gasteiger partial charge in [0.05, 0.1) is 0 Å². The predicted molar refractivity (Wildman–Crippen MR) is 114 cm³/mol. The van der Waals surface area contributed by atoms with Crippen molar-refractivity contribution >= 4 is 23.4 Å². The first-order valence-electron chi connectivity index (χ1n) is 10.2. The number of piperidine rings is 1. The standard InChI is InChI=1S/C23H26FN3O4/c1-16-7-8-18(13-20(16)24)26-23(30)22(29)25-14-17-9-11-27(12-10-17)21(28)15-31-19-5-3-2-4-6-19/h2-8,13,17H,9-12,14-15H2,1H3,(H,25,29)(H,26,30). The number of halogens is 1. The molecule has 1 aliphatic heterocycles. The molecular formula is C23H26FN3O4. The van der Waals surface area contributed by atoms with Crippen LogP contribution in [0.25, 0.3) is 0 Å². The maximum Gasteiger partial charge on any atom is 0.313 e. The highest BCUT2D eigenvalue weighted by Crippen LogP contribution is 2.17. The normalized spacial score (nSPS) is 14.1. The van der Waals surface area contributed by atoms with E-state index < -0.39 is 17.6 Å². The highest BCUT2D eigenvalue weighted by atomic mass is 19.1. The number of amides is 3. The van der Waals surface area contributed by atoms with Crippen molar-refractivity contribution in [1.82, 2.24) is 10.2 Å². The summed E-state index contributed by atoms with van der Waals surface area (Å²) in [6.07, 6.45) is 1.45.